The van der Waals surface area contributed by atoms with Crippen LogP contribution in [0, 0.1) is 18.3 Å². The Hall–Kier alpha value is -2.58. The first-order valence-electron chi connectivity index (χ1n) is 8.23. The normalized spacial score (nSPS) is 12.7. The van der Waals surface area contributed by atoms with Crippen molar-refractivity contribution in [2.24, 2.45) is 0 Å². The van der Waals surface area contributed by atoms with Crippen LogP contribution in [0.5, 0.6) is 0 Å². The Morgan fingerprint density at radius 3 is 2.79 bits per heavy atom. The van der Waals surface area contributed by atoms with Crippen LogP contribution in [0.3, 0.4) is 0 Å². The van der Waals surface area contributed by atoms with Gasteiger partial charge in [0.15, 0.2) is 5.65 Å². The monoisotopic (exact) mass is 321 g/mol. The summed E-state index contributed by atoms with van der Waals surface area (Å²) in [6, 6.07) is 12.7. The maximum atomic E-state index is 9.53. The molecule has 5 nitrogen and oxygen atoms in total. The van der Waals surface area contributed by atoms with Gasteiger partial charge in [0.1, 0.15) is 11.9 Å². The van der Waals surface area contributed by atoms with Gasteiger partial charge in [-0.1, -0.05) is 12.1 Å². The number of aromatic nitrogens is 2. The summed E-state index contributed by atoms with van der Waals surface area (Å²) < 4.78 is 2.06. The average molecular weight is 321 g/mol. The van der Waals surface area contributed by atoms with Gasteiger partial charge in [-0.05, 0) is 64.7 Å². The van der Waals surface area contributed by atoms with Crippen molar-refractivity contribution in [2.75, 3.05) is 26.0 Å². The lowest BCUT2D eigenvalue weighted by molar-refractivity contribution is 0.390. The number of pyridine rings is 1. The van der Waals surface area contributed by atoms with E-state index in [0.29, 0.717) is 11.6 Å². The molecule has 1 atom stereocenters. The molecule has 1 N–H and O–H groups in total. The highest BCUT2D eigenvalue weighted by Gasteiger charge is 2.16. The number of nitrogens with zero attached hydrogens (tertiary/aromatic N) is 4. The van der Waals surface area contributed by atoms with E-state index in [1.807, 2.05) is 37.3 Å². The molecule has 0 amide bonds. The molecule has 2 aromatic heterocycles. The van der Waals surface area contributed by atoms with Gasteiger partial charge in [0.25, 0.3) is 0 Å². The number of para-hydroxylation sites is 2. The number of nitriles is 1. The second-order valence-electron chi connectivity index (χ2n) is 6.60. The van der Waals surface area contributed by atoms with Crippen LogP contribution < -0.4 is 5.32 Å². The quantitative estimate of drug-likeness (QED) is 0.782. The predicted octanol–water partition coefficient (Wildman–Crippen LogP) is 3.42. The average Bonchev–Trinajstić information content (AvgIpc) is 2.92. The molecule has 0 fully saturated rings. The summed E-state index contributed by atoms with van der Waals surface area (Å²) >= 11 is 0. The number of aryl methyl sites for hydroxylation is 1. The zero-order chi connectivity index (χ0) is 17.3. The number of rotatable bonds is 5. The number of hydrogen-bond acceptors (Lipinski definition) is 4. The smallest absolute Gasteiger partial charge is 0.157 e. The molecule has 1 unspecified atom stereocenters. The fourth-order valence-electron chi connectivity index (χ4n) is 2.98. The molecule has 0 saturated heterocycles. The molecule has 0 bridgehead atoms. The minimum absolute atomic E-state index is 0.323. The number of fused-ring (bicyclic) bond motifs is 3. The summed E-state index contributed by atoms with van der Waals surface area (Å²) in [6.45, 7) is 5.17. The van der Waals surface area contributed by atoms with E-state index in [4.69, 9.17) is 0 Å². The Morgan fingerprint density at radius 1 is 1.33 bits per heavy atom. The zero-order valence-corrected chi connectivity index (χ0v) is 14.7. The molecular weight excluding hydrogens is 298 g/mol. The summed E-state index contributed by atoms with van der Waals surface area (Å²) in [5.41, 5.74) is 4.23. The van der Waals surface area contributed by atoms with Crippen molar-refractivity contribution in [2.45, 2.75) is 26.3 Å². The molecule has 0 saturated carbocycles. The molecule has 3 aromatic rings. The highest BCUT2D eigenvalue weighted by Crippen LogP contribution is 2.27. The maximum absolute atomic E-state index is 9.53. The molecule has 3 rings (SSSR count). The van der Waals surface area contributed by atoms with E-state index in [9.17, 15) is 5.26 Å². The molecule has 5 heteroatoms. The number of imidazole rings is 1. The second-order valence-corrected chi connectivity index (χ2v) is 6.60. The number of hydrogen-bond donors (Lipinski definition) is 1. The first-order valence-corrected chi connectivity index (χ1v) is 8.23. The Labute approximate surface area is 142 Å². The largest absolute Gasteiger partial charge is 0.369 e. The molecule has 0 spiro atoms. The fourth-order valence-corrected chi connectivity index (χ4v) is 2.98. The SMILES string of the molecule is Cc1cc(NC(C)CCN(C)C)n2c(nc3ccccc32)c1C#N. The standard InChI is InChI=1S/C19H23N5/c1-13-11-18(21-14(2)9-10-23(3)4)24-17-8-6-5-7-16(17)22-19(24)15(13)12-20/h5-8,11,14,21H,9-10H2,1-4H3. The van der Waals surface area contributed by atoms with Crippen molar-refractivity contribution >= 4 is 22.5 Å². The van der Waals surface area contributed by atoms with Gasteiger partial charge >= 0.3 is 0 Å². The third kappa shape index (κ3) is 2.93. The Kier molecular flexibility index (Phi) is 4.41. The molecule has 1 aromatic carbocycles. The van der Waals surface area contributed by atoms with Gasteiger partial charge in [0, 0.05) is 6.04 Å². The Balaban J connectivity index is 2.12. The van der Waals surface area contributed by atoms with E-state index in [1.54, 1.807) is 0 Å². The van der Waals surface area contributed by atoms with E-state index < -0.39 is 0 Å². The molecule has 0 radical (unpaired) electrons. The van der Waals surface area contributed by atoms with Crippen molar-refractivity contribution in [1.29, 1.82) is 5.26 Å². The van der Waals surface area contributed by atoms with Crippen molar-refractivity contribution in [3.8, 4) is 6.07 Å². The summed E-state index contributed by atoms with van der Waals surface area (Å²) in [5, 5.41) is 13.1. The molecule has 24 heavy (non-hydrogen) atoms. The van der Waals surface area contributed by atoms with Crippen LogP contribution in [0.25, 0.3) is 16.7 Å². The number of benzene rings is 1. The number of anilines is 1. The summed E-state index contributed by atoms with van der Waals surface area (Å²) in [6.07, 6.45) is 1.04. The third-order valence-electron chi connectivity index (χ3n) is 4.29. The Bertz CT molecular complexity index is 917. The highest BCUT2D eigenvalue weighted by atomic mass is 15.1. The van der Waals surface area contributed by atoms with Gasteiger partial charge in [-0.3, -0.25) is 4.40 Å². The molecule has 0 aliphatic carbocycles. The maximum Gasteiger partial charge on any atom is 0.157 e. The first-order chi connectivity index (χ1) is 11.5. The van der Waals surface area contributed by atoms with Gasteiger partial charge in [-0.2, -0.15) is 5.26 Å². The van der Waals surface area contributed by atoms with Crippen molar-refractivity contribution in [3.05, 3.63) is 41.5 Å². The molecule has 0 aliphatic rings. The van der Waals surface area contributed by atoms with Crippen molar-refractivity contribution in [1.82, 2.24) is 14.3 Å². The lowest BCUT2D eigenvalue weighted by Crippen LogP contribution is -2.24. The van der Waals surface area contributed by atoms with E-state index in [1.165, 1.54) is 0 Å². The highest BCUT2D eigenvalue weighted by molar-refractivity contribution is 5.85. The molecular formula is C19H23N5. The lowest BCUT2D eigenvalue weighted by Gasteiger charge is -2.19. The van der Waals surface area contributed by atoms with Crippen LogP contribution in [0.15, 0.2) is 30.3 Å². The van der Waals surface area contributed by atoms with Crippen molar-refractivity contribution < 1.29 is 0 Å². The van der Waals surface area contributed by atoms with Crippen LogP contribution in [-0.4, -0.2) is 41.0 Å². The van der Waals surface area contributed by atoms with E-state index in [-0.39, 0.29) is 0 Å². The van der Waals surface area contributed by atoms with E-state index in [2.05, 4.69) is 46.7 Å². The summed E-state index contributed by atoms with van der Waals surface area (Å²) in [5.74, 6) is 0.987. The van der Waals surface area contributed by atoms with Crippen molar-refractivity contribution in [3.63, 3.8) is 0 Å². The minimum atomic E-state index is 0.323. The third-order valence-corrected chi connectivity index (χ3v) is 4.29. The van der Waals surface area contributed by atoms with Gasteiger partial charge in [0.2, 0.25) is 0 Å². The van der Waals surface area contributed by atoms with Crippen LogP contribution in [0.4, 0.5) is 5.82 Å². The van der Waals surface area contributed by atoms with Gasteiger partial charge < -0.3 is 10.2 Å². The van der Waals surface area contributed by atoms with Crippen LogP contribution in [-0.2, 0) is 0 Å². The fraction of sp³-hybridized carbons (Fsp3) is 0.368. The zero-order valence-electron chi connectivity index (χ0n) is 14.7. The van der Waals surface area contributed by atoms with Gasteiger partial charge in [-0.25, -0.2) is 4.98 Å². The topological polar surface area (TPSA) is 56.4 Å². The van der Waals surface area contributed by atoms with Gasteiger partial charge in [-0.15, -0.1) is 0 Å². The minimum Gasteiger partial charge on any atom is -0.369 e. The van der Waals surface area contributed by atoms with Crippen LogP contribution in [0.1, 0.15) is 24.5 Å². The predicted molar refractivity (Wildman–Crippen MR) is 98.4 cm³/mol. The Morgan fingerprint density at radius 2 is 2.08 bits per heavy atom. The second kappa shape index (κ2) is 6.50. The summed E-state index contributed by atoms with van der Waals surface area (Å²) in [7, 11) is 4.17. The van der Waals surface area contributed by atoms with E-state index >= 15 is 0 Å². The molecule has 0 aliphatic heterocycles. The lowest BCUT2D eigenvalue weighted by atomic mass is 10.1. The van der Waals surface area contributed by atoms with E-state index in [0.717, 1.165) is 41.0 Å². The van der Waals surface area contributed by atoms with Gasteiger partial charge in [0.05, 0.1) is 16.6 Å². The first kappa shape index (κ1) is 16.3. The molecule has 2 heterocycles. The molecule has 124 valence electrons. The number of nitrogens with one attached hydrogen (secondary N) is 1. The van der Waals surface area contributed by atoms with Crippen LogP contribution >= 0.6 is 0 Å². The summed E-state index contributed by atoms with van der Waals surface area (Å²) in [4.78, 5) is 6.87. The van der Waals surface area contributed by atoms with Crippen LogP contribution in [0.2, 0.25) is 0 Å².